The number of carbonyl (C=O) groups is 1. The number of hydrogen-bond donors (Lipinski definition) is 2. The molecule has 0 unspecified atom stereocenters. The van der Waals surface area contributed by atoms with E-state index in [2.05, 4.69) is 59.6 Å². The normalized spacial score (nSPS) is 15.7. The summed E-state index contributed by atoms with van der Waals surface area (Å²) in [6, 6.07) is 16.6. The molecule has 0 aliphatic heterocycles. The Bertz CT molecular complexity index is 842. The quantitative estimate of drug-likeness (QED) is 0.560. The molecule has 0 spiro atoms. The van der Waals surface area contributed by atoms with Gasteiger partial charge in [-0.1, -0.05) is 58.7 Å². The van der Waals surface area contributed by atoms with E-state index in [9.17, 15) is 4.79 Å². The molecule has 3 nitrogen and oxygen atoms in total. The van der Waals surface area contributed by atoms with Gasteiger partial charge in [-0.2, -0.15) is 0 Å². The summed E-state index contributed by atoms with van der Waals surface area (Å²) in [4.78, 5) is 13.7. The fourth-order valence-electron chi connectivity index (χ4n) is 4.28. The Labute approximate surface area is 195 Å². The van der Waals surface area contributed by atoms with E-state index in [0.29, 0.717) is 12.1 Å². The van der Waals surface area contributed by atoms with Crippen LogP contribution in [0.5, 0.6) is 0 Å². The van der Waals surface area contributed by atoms with Crippen molar-refractivity contribution in [2.24, 2.45) is 0 Å². The van der Waals surface area contributed by atoms with E-state index in [1.807, 2.05) is 30.3 Å². The average molecular weight is 492 g/mol. The summed E-state index contributed by atoms with van der Waals surface area (Å²) in [6.07, 6.45) is 11.3. The van der Waals surface area contributed by atoms with Gasteiger partial charge in [-0.15, -0.1) is 0 Å². The molecule has 1 amide bonds. The summed E-state index contributed by atoms with van der Waals surface area (Å²) in [7, 11) is 4.60. The topological polar surface area (TPSA) is 33.5 Å². The van der Waals surface area contributed by atoms with Gasteiger partial charge in [0.25, 0.3) is 0 Å². The van der Waals surface area contributed by atoms with Crippen LogP contribution in [0.25, 0.3) is 6.08 Å². The Hall–Kier alpha value is -1.62. The summed E-state index contributed by atoms with van der Waals surface area (Å²) < 4.78 is 1.01. The molecule has 0 heterocycles. The molecular weight excluding hydrogens is 460 g/mol. The van der Waals surface area contributed by atoms with Gasteiger partial charge in [-0.3, -0.25) is 4.79 Å². The Morgan fingerprint density at radius 2 is 1.73 bits per heavy atom. The van der Waals surface area contributed by atoms with Crippen LogP contribution >= 0.6 is 15.9 Å². The molecule has 1 aliphatic carbocycles. The highest BCUT2D eigenvalue weighted by molar-refractivity contribution is 9.10. The molecule has 0 aromatic heterocycles. The third kappa shape index (κ3) is 6.97. The van der Waals surface area contributed by atoms with E-state index in [1.165, 1.54) is 37.7 Å². The summed E-state index contributed by atoms with van der Waals surface area (Å²) in [5.41, 5.74) is 3.91. The van der Waals surface area contributed by atoms with Crippen molar-refractivity contribution in [3.63, 3.8) is 0 Å². The molecule has 0 radical (unpaired) electrons. The highest BCUT2D eigenvalue weighted by atomic mass is 79.9. The van der Waals surface area contributed by atoms with Gasteiger partial charge in [0.15, 0.2) is 0 Å². The molecule has 3 rings (SSSR count). The van der Waals surface area contributed by atoms with Crippen LogP contribution in [-0.4, -0.2) is 25.5 Å². The van der Waals surface area contributed by atoms with Crippen molar-refractivity contribution in [1.82, 2.24) is 5.32 Å². The molecule has 1 saturated carbocycles. The fourth-order valence-corrected chi connectivity index (χ4v) is 4.70. The summed E-state index contributed by atoms with van der Waals surface area (Å²) in [6.45, 7) is 0.548. The van der Waals surface area contributed by atoms with Crippen molar-refractivity contribution < 1.29 is 22.1 Å². The van der Waals surface area contributed by atoms with Crippen LogP contribution in [0.15, 0.2) is 59.1 Å². The molecular formula is C25H32BrClN2O. The number of benzene rings is 2. The number of hydrogen-bond acceptors (Lipinski definition) is 1. The highest BCUT2D eigenvalue weighted by Gasteiger charge is 2.37. The molecule has 2 aromatic rings. The van der Waals surface area contributed by atoms with Crippen LogP contribution in [0.2, 0.25) is 0 Å². The summed E-state index contributed by atoms with van der Waals surface area (Å²) >= 11 is 3.44. The van der Waals surface area contributed by atoms with Crippen molar-refractivity contribution in [2.45, 2.75) is 50.6 Å². The minimum Gasteiger partial charge on any atom is -1.00 e. The predicted molar refractivity (Wildman–Crippen MR) is 124 cm³/mol. The first kappa shape index (κ1) is 24.6. The number of carbonyl (C=O) groups excluding carboxylic acids is 1. The van der Waals surface area contributed by atoms with E-state index < -0.39 is 0 Å². The fraction of sp³-hybridized carbons (Fsp3) is 0.400. The second-order valence-electron chi connectivity index (χ2n) is 8.44. The molecule has 2 aromatic carbocycles. The number of halogens is 2. The van der Waals surface area contributed by atoms with Gasteiger partial charge < -0.3 is 22.6 Å². The van der Waals surface area contributed by atoms with Crippen LogP contribution in [0, 0.1) is 0 Å². The van der Waals surface area contributed by atoms with Crippen LogP contribution in [0.4, 0.5) is 0 Å². The molecule has 5 heteroatoms. The van der Waals surface area contributed by atoms with E-state index in [0.717, 1.165) is 22.0 Å². The monoisotopic (exact) mass is 490 g/mol. The van der Waals surface area contributed by atoms with Gasteiger partial charge in [0.2, 0.25) is 5.91 Å². The zero-order valence-corrected chi connectivity index (χ0v) is 20.2. The Kier molecular flexibility index (Phi) is 9.60. The predicted octanol–water partition coefficient (Wildman–Crippen LogP) is 1.17. The number of rotatable bonds is 7. The van der Waals surface area contributed by atoms with Gasteiger partial charge in [0.05, 0.1) is 14.1 Å². The second-order valence-corrected chi connectivity index (χ2v) is 9.36. The third-order valence-corrected chi connectivity index (χ3v) is 6.67. The van der Waals surface area contributed by atoms with Crippen molar-refractivity contribution >= 4 is 27.9 Å². The number of likely N-dealkylation sites (N-methyl/N-ethyl adjacent to an activating group) is 1. The maximum absolute atomic E-state index is 12.1. The van der Waals surface area contributed by atoms with E-state index >= 15 is 0 Å². The number of amides is 1. The third-order valence-electron chi connectivity index (χ3n) is 6.18. The average Bonchev–Trinajstić information content (AvgIpc) is 2.72. The Morgan fingerprint density at radius 3 is 2.37 bits per heavy atom. The molecule has 0 saturated heterocycles. The van der Waals surface area contributed by atoms with Crippen LogP contribution in [-0.2, 0) is 17.8 Å². The lowest BCUT2D eigenvalue weighted by Gasteiger charge is -2.40. The zero-order chi connectivity index (χ0) is 20.7. The van der Waals surface area contributed by atoms with Crippen molar-refractivity contribution in [2.75, 3.05) is 14.1 Å². The standard InChI is InChI=1S/C25H31BrN2O.ClH/c1-28(2)25(15-4-3-5-16-25)18-21-9-11-22(12-10-21)19-27-24(29)14-13-20-7-6-8-23(26)17-20;/h6-14,17H,3-5,15-16,18-19H2,1-2H3,(H,27,29);1H. The molecule has 1 aliphatic rings. The number of quaternary nitrogens is 1. The lowest BCUT2D eigenvalue weighted by atomic mass is 9.76. The maximum atomic E-state index is 12.1. The molecule has 30 heavy (non-hydrogen) atoms. The molecule has 1 fully saturated rings. The molecule has 0 atom stereocenters. The van der Waals surface area contributed by atoms with Crippen molar-refractivity contribution in [1.29, 1.82) is 0 Å². The minimum absolute atomic E-state index is 0. The molecule has 2 N–H and O–H groups in total. The smallest absolute Gasteiger partial charge is 0.244 e. The Morgan fingerprint density at radius 1 is 1.07 bits per heavy atom. The van der Waals surface area contributed by atoms with E-state index in [-0.39, 0.29) is 18.3 Å². The first-order chi connectivity index (χ1) is 14.0. The highest BCUT2D eigenvalue weighted by Crippen LogP contribution is 2.28. The maximum Gasteiger partial charge on any atom is 0.244 e. The summed E-state index contributed by atoms with van der Waals surface area (Å²) in [5.74, 6) is -0.0774. The molecule has 0 bridgehead atoms. The van der Waals surface area contributed by atoms with Gasteiger partial charge >= 0.3 is 0 Å². The van der Waals surface area contributed by atoms with Crippen molar-refractivity contribution in [3.05, 3.63) is 75.8 Å². The minimum atomic E-state index is -0.0774. The van der Waals surface area contributed by atoms with Crippen LogP contribution in [0.1, 0.15) is 48.8 Å². The molecule has 162 valence electrons. The van der Waals surface area contributed by atoms with Crippen molar-refractivity contribution in [3.8, 4) is 0 Å². The van der Waals surface area contributed by atoms with E-state index in [4.69, 9.17) is 0 Å². The second kappa shape index (κ2) is 11.7. The van der Waals surface area contributed by atoms with E-state index in [1.54, 1.807) is 11.0 Å². The van der Waals surface area contributed by atoms with Gasteiger partial charge in [0.1, 0.15) is 5.54 Å². The zero-order valence-electron chi connectivity index (χ0n) is 17.9. The first-order valence-corrected chi connectivity index (χ1v) is 11.4. The lowest BCUT2D eigenvalue weighted by Crippen LogP contribution is -3.15. The SMILES string of the molecule is C[NH+](C)C1(Cc2ccc(CNC(=O)C=Cc3cccc(Br)c3)cc2)CCCCC1.[Cl-]. The van der Waals surface area contributed by atoms with Gasteiger partial charge in [0, 0.05) is 36.4 Å². The van der Waals surface area contributed by atoms with Crippen LogP contribution in [0.3, 0.4) is 0 Å². The largest absolute Gasteiger partial charge is 1.00 e. The first-order valence-electron chi connectivity index (χ1n) is 10.6. The number of nitrogens with one attached hydrogen (secondary N) is 2. The van der Waals surface area contributed by atoms with Crippen LogP contribution < -0.4 is 22.6 Å². The summed E-state index contributed by atoms with van der Waals surface area (Å²) in [5, 5.41) is 2.97. The Balaban J connectivity index is 0.00000320. The lowest BCUT2D eigenvalue weighted by molar-refractivity contribution is -0.917. The van der Waals surface area contributed by atoms with Gasteiger partial charge in [-0.25, -0.2) is 0 Å². The van der Waals surface area contributed by atoms with Gasteiger partial charge in [-0.05, 0) is 47.7 Å².